The lowest BCUT2D eigenvalue weighted by Crippen LogP contribution is -2.36. The van der Waals surface area contributed by atoms with E-state index in [2.05, 4.69) is 48.5 Å². The maximum atomic E-state index is 5.84. The van der Waals surface area contributed by atoms with Crippen LogP contribution in [-0.2, 0) is 0 Å². The molecule has 0 radical (unpaired) electrons. The van der Waals surface area contributed by atoms with E-state index in [-0.39, 0.29) is 0 Å². The molecule has 0 aliphatic carbocycles. The summed E-state index contributed by atoms with van der Waals surface area (Å²) >= 11 is 0. The van der Waals surface area contributed by atoms with Crippen molar-refractivity contribution in [1.29, 1.82) is 0 Å². The van der Waals surface area contributed by atoms with Crippen LogP contribution in [0.15, 0.2) is 16.8 Å². The van der Waals surface area contributed by atoms with Gasteiger partial charge in [0.2, 0.25) is 0 Å². The van der Waals surface area contributed by atoms with Gasteiger partial charge in [0.05, 0.1) is 11.4 Å². The van der Waals surface area contributed by atoms with E-state index in [1.54, 1.807) is 0 Å². The Kier molecular flexibility index (Phi) is 3.90. The lowest BCUT2D eigenvalue weighted by molar-refractivity contribution is 0.315. The first-order valence-corrected chi connectivity index (χ1v) is 6.41. The molecule has 104 valence electrons. The minimum atomic E-state index is 0.318. The molecule has 0 aliphatic rings. The fourth-order valence-corrected chi connectivity index (χ4v) is 2.02. The molecular weight excluding hydrogens is 242 g/mol. The standard InChI is InChI=1S/C13H21N5O/c1-8(2)11(7-18(3)4)15-10-6-5-9(14)12-13(10)17-19-16-12/h5-6,8,11,15H,7,14H2,1-4H3. The number of nitrogens with zero attached hydrogens (tertiary/aromatic N) is 3. The maximum Gasteiger partial charge on any atom is 0.160 e. The fraction of sp³-hybridized carbons (Fsp3) is 0.538. The van der Waals surface area contributed by atoms with Crippen LogP contribution >= 0.6 is 0 Å². The van der Waals surface area contributed by atoms with Gasteiger partial charge < -0.3 is 16.0 Å². The monoisotopic (exact) mass is 263 g/mol. The van der Waals surface area contributed by atoms with E-state index in [1.807, 2.05) is 12.1 Å². The van der Waals surface area contributed by atoms with Gasteiger partial charge >= 0.3 is 0 Å². The number of benzene rings is 1. The first-order chi connectivity index (χ1) is 8.99. The number of anilines is 2. The van der Waals surface area contributed by atoms with Gasteiger partial charge in [0.1, 0.15) is 0 Å². The van der Waals surface area contributed by atoms with E-state index in [1.165, 1.54) is 0 Å². The van der Waals surface area contributed by atoms with Crippen molar-refractivity contribution in [1.82, 2.24) is 15.2 Å². The summed E-state index contributed by atoms with van der Waals surface area (Å²) in [5.74, 6) is 0.495. The molecule has 1 atom stereocenters. The van der Waals surface area contributed by atoms with Gasteiger partial charge in [-0.1, -0.05) is 13.8 Å². The molecule has 6 nitrogen and oxygen atoms in total. The zero-order valence-corrected chi connectivity index (χ0v) is 11.8. The molecule has 0 aliphatic heterocycles. The number of aromatic nitrogens is 2. The number of nitrogens with one attached hydrogen (secondary N) is 1. The molecule has 2 rings (SSSR count). The van der Waals surface area contributed by atoms with Crippen molar-refractivity contribution in [2.24, 2.45) is 5.92 Å². The van der Waals surface area contributed by atoms with E-state index in [9.17, 15) is 0 Å². The Morgan fingerprint density at radius 3 is 2.58 bits per heavy atom. The van der Waals surface area contributed by atoms with Crippen LogP contribution in [0.1, 0.15) is 13.8 Å². The minimum Gasteiger partial charge on any atom is -0.397 e. The number of rotatable bonds is 5. The number of fused-ring (bicyclic) bond motifs is 1. The predicted octanol–water partition coefficient (Wildman–Crippen LogP) is 1.80. The highest BCUT2D eigenvalue weighted by Gasteiger charge is 2.17. The van der Waals surface area contributed by atoms with E-state index in [0.29, 0.717) is 28.7 Å². The molecule has 1 unspecified atom stereocenters. The lowest BCUT2D eigenvalue weighted by atomic mass is 10.0. The van der Waals surface area contributed by atoms with E-state index in [0.717, 1.165) is 12.2 Å². The van der Waals surface area contributed by atoms with Gasteiger partial charge in [-0.3, -0.25) is 0 Å². The molecule has 0 bridgehead atoms. The Hall–Kier alpha value is -1.82. The summed E-state index contributed by atoms with van der Waals surface area (Å²) in [7, 11) is 4.13. The third kappa shape index (κ3) is 2.96. The first kappa shape index (κ1) is 13.6. The molecular formula is C13H21N5O. The van der Waals surface area contributed by atoms with Gasteiger partial charge in [0, 0.05) is 12.6 Å². The number of nitrogens with two attached hydrogens (primary N) is 1. The van der Waals surface area contributed by atoms with Crippen molar-refractivity contribution in [3.63, 3.8) is 0 Å². The molecule has 0 amide bonds. The normalized spacial score (nSPS) is 13.4. The predicted molar refractivity (Wildman–Crippen MR) is 77.0 cm³/mol. The van der Waals surface area contributed by atoms with Crippen LogP contribution in [-0.4, -0.2) is 41.9 Å². The molecule has 1 aromatic heterocycles. The van der Waals surface area contributed by atoms with Crippen LogP contribution in [0, 0.1) is 5.92 Å². The van der Waals surface area contributed by atoms with Gasteiger partial charge in [-0.2, -0.15) is 0 Å². The lowest BCUT2D eigenvalue weighted by Gasteiger charge is -2.26. The van der Waals surface area contributed by atoms with Crippen molar-refractivity contribution >= 4 is 22.4 Å². The summed E-state index contributed by atoms with van der Waals surface area (Å²) in [6.45, 7) is 5.32. The van der Waals surface area contributed by atoms with Crippen molar-refractivity contribution in [2.75, 3.05) is 31.7 Å². The number of likely N-dealkylation sites (N-methyl/N-ethyl adjacent to an activating group) is 1. The van der Waals surface area contributed by atoms with Crippen LogP contribution in [0.2, 0.25) is 0 Å². The second-order valence-corrected chi connectivity index (χ2v) is 5.42. The summed E-state index contributed by atoms with van der Waals surface area (Å²) in [5.41, 5.74) is 8.62. The molecule has 0 saturated carbocycles. The maximum absolute atomic E-state index is 5.84. The summed E-state index contributed by atoms with van der Waals surface area (Å²) < 4.78 is 4.78. The molecule has 0 spiro atoms. The summed E-state index contributed by atoms with van der Waals surface area (Å²) in [4.78, 5) is 2.16. The van der Waals surface area contributed by atoms with Gasteiger partial charge in [-0.25, -0.2) is 4.63 Å². The highest BCUT2D eigenvalue weighted by molar-refractivity contribution is 5.95. The molecule has 3 N–H and O–H groups in total. The van der Waals surface area contributed by atoms with Crippen molar-refractivity contribution in [3.05, 3.63) is 12.1 Å². The van der Waals surface area contributed by atoms with Crippen molar-refractivity contribution in [3.8, 4) is 0 Å². The highest BCUT2D eigenvalue weighted by atomic mass is 16.6. The number of nitrogen functional groups attached to an aromatic ring is 1. The van der Waals surface area contributed by atoms with E-state index in [4.69, 9.17) is 10.4 Å². The third-order valence-electron chi connectivity index (χ3n) is 3.15. The van der Waals surface area contributed by atoms with Gasteiger partial charge in [-0.05, 0) is 42.5 Å². The molecule has 19 heavy (non-hydrogen) atoms. The fourth-order valence-electron chi connectivity index (χ4n) is 2.02. The van der Waals surface area contributed by atoms with Gasteiger partial charge in [0.15, 0.2) is 11.0 Å². The van der Waals surface area contributed by atoms with Crippen molar-refractivity contribution < 1.29 is 4.63 Å². The Balaban J connectivity index is 2.29. The molecule has 1 heterocycles. The van der Waals surface area contributed by atoms with E-state index >= 15 is 0 Å². The summed E-state index contributed by atoms with van der Waals surface area (Å²) in [6, 6.07) is 4.06. The Labute approximate surface area is 112 Å². The highest BCUT2D eigenvalue weighted by Crippen LogP contribution is 2.26. The molecule has 0 fully saturated rings. The average Bonchev–Trinajstić information content (AvgIpc) is 2.81. The summed E-state index contributed by atoms with van der Waals surface area (Å²) in [5, 5.41) is 11.3. The SMILES string of the molecule is CC(C)C(CN(C)C)Nc1ccc(N)c2nonc12. The second-order valence-electron chi connectivity index (χ2n) is 5.42. The van der Waals surface area contributed by atoms with Gasteiger partial charge in [0.25, 0.3) is 0 Å². The Bertz CT molecular complexity index is 549. The zero-order valence-electron chi connectivity index (χ0n) is 11.8. The van der Waals surface area contributed by atoms with Crippen LogP contribution in [0.5, 0.6) is 0 Å². The van der Waals surface area contributed by atoms with Crippen LogP contribution < -0.4 is 11.1 Å². The van der Waals surface area contributed by atoms with Crippen LogP contribution in [0.4, 0.5) is 11.4 Å². The minimum absolute atomic E-state index is 0.318. The molecule has 2 aromatic rings. The topological polar surface area (TPSA) is 80.2 Å². The quantitative estimate of drug-likeness (QED) is 0.801. The first-order valence-electron chi connectivity index (χ1n) is 6.41. The van der Waals surface area contributed by atoms with E-state index < -0.39 is 0 Å². The summed E-state index contributed by atoms with van der Waals surface area (Å²) in [6.07, 6.45) is 0. The third-order valence-corrected chi connectivity index (χ3v) is 3.15. The number of hydrogen-bond donors (Lipinski definition) is 2. The molecule has 6 heteroatoms. The molecule has 0 saturated heterocycles. The van der Waals surface area contributed by atoms with Gasteiger partial charge in [-0.15, -0.1) is 0 Å². The second kappa shape index (κ2) is 5.44. The number of hydrogen-bond acceptors (Lipinski definition) is 6. The largest absolute Gasteiger partial charge is 0.397 e. The zero-order chi connectivity index (χ0) is 14.0. The Morgan fingerprint density at radius 2 is 1.95 bits per heavy atom. The van der Waals surface area contributed by atoms with Crippen LogP contribution in [0.3, 0.4) is 0 Å². The molecule has 1 aromatic carbocycles. The van der Waals surface area contributed by atoms with Crippen LogP contribution in [0.25, 0.3) is 11.0 Å². The Morgan fingerprint density at radius 1 is 1.26 bits per heavy atom. The smallest absolute Gasteiger partial charge is 0.160 e. The van der Waals surface area contributed by atoms with Crippen molar-refractivity contribution in [2.45, 2.75) is 19.9 Å². The average molecular weight is 263 g/mol.